The molecule has 0 spiro atoms. The summed E-state index contributed by atoms with van der Waals surface area (Å²) in [6, 6.07) is 12.8. The summed E-state index contributed by atoms with van der Waals surface area (Å²) < 4.78 is 34.0. The van der Waals surface area contributed by atoms with Gasteiger partial charge in [-0.25, -0.2) is 0 Å². The lowest BCUT2D eigenvalue weighted by Gasteiger charge is -2.20. The molecule has 1 saturated heterocycles. The van der Waals surface area contributed by atoms with Gasteiger partial charge in [0, 0.05) is 37.3 Å². The zero-order chi connectivity index (χ0) is 18.7. The summed E-state index contributed by atoms with van der Waals surface area (Å²) in [5.41, 5.74) is 3.24. The fourth-order valence-corrected chi connectivity index (χ4v) is 4.66. The van der Waals surface area contributed by atoms with Crippen molar-refractivity contribution in [3.8, 4) is 5.75 Å². The van der Waals surface area contributed by atoms with Gasteiger partial charge in [0.2, 0.25) is 0 Å². The molecule has 0 amide bonds. The Morgan fingerprint density at radius 3 is 2.31 bits per heavy atom. The summed E-state index contributed by atoms with van der Waals surface area (Å²) in [6.07, 6.45) is 0.742. The molecule has 26 heavy (non-hydrogen) atoms. The van der Waals surface area contributed by atoms with Crippen LogP contribution in [0.5, 0.6) is 5.75 Å². The average Bonchev–Trinajstić information content (AvgIpc) is 2.91. The van der Waals surface area contributed by atoms with Gasteiger partial charge in [-0.05, 0) is 36.2 Å². The van der Waals surface area contributed by atoms with Crippen molar-refractivity contribution in [2.75, 3.05) is 20.2 Å². The molecule has 1 aliphatic rings. The van der Waals surface area contributed by atoms with Crippen LogP contribution in [-0.2, 0) is 23.3 Å². The van der Waals surface area contributed by atoms with E-state index in [1.807, 2.05) is 31.2 Å². The van der Waals surface area contributed by atoms with E-state index in [4.69, 9.17) is 4.74 Å². The smallest absolute Gasteiger partial charge is 0.282 e. The number of aldehydes is 1. The summed E-state index contributed by atoms with van der Waals surface area (Å²) in [5, 5.41) is 0. The van der Waals surface area contributed by atoms with Crippen molar-refractivity contribution < 1.29 is 17.9 Å². The third-order valence-electron chi connectivity index (χ3n) is 4.65. The number of carbonyl (C=O) groups excluding carboxylic acids is 1. The SMILES string of the molecule is COc1ccc(C=O)cc1CN1CCN(Cc2ccccc2C)S1(=O)=O. The monoisotopic (exact) mass is 374 g/mol. The number of nitrogens with zero attached hydrogens (tertiary/aromatic N) is 2. The number of ether oxygens (including phenoxy) is 1. The topological polar surface area (TPSA) is 66.9 Å². The standard InChI is InChI=1S/C19H22N2O4S/c1-15-5-3-4-6-17(15)12-20-9-10-21(26(20,23)24)13-18-11-16(14-22)7-8-19(18)25-2/h3-8,11,14H,9-10,12-13H2,1-2H3. The van der Waals surface area contributed by atoms with Crippen LogP contribution in [0.4, 0.5) is 0 Å². The number of carbonyl (C=O) groups is 1. The minimum atomic E-state index is -3.56. The molecular formula is C19H22N2O4S. The number of methoxy groups -OCH3 is 1. The molecule has 0 N–H and O–H groups in total. The maximum Gasteiger partial charge on any atom is 0.282 e. The van der Waals surface area contributed by atoms with E-state index in [0.717, 1.165) is 17.4 Å². The lowest BCUT2D eigenvalue weighted by Crippen LogP contribution is -2.32. The molecule has 1 heterocycles. The van der Waals surface area contributed by atoms with Crippen molar-refractivity contribution >= 4 is 16.5 Å². The fraction of sp³-hybridized carbons (Fsp3) is 0.316. The summed E-state index contributed by atoms with van der Waals surface area (Å²) in [6.45, 7) is 3.36. The lowest BCUT2D eigenvalue weighted by atomic mass is 10.1. The van der Waals surface area contributed by atoms with Gasteiger partial charge < -0.3 is 4.74 Å². The second-order valence-corrected chi connectivity index (χ2v) is 8.22. The van der Waals surface area contributed by atoms with Crippen LogP contribution in [0.3, 0.4) is 0 Å². The minimum Gasteiger partial charge on any atom is -0.496 e. The van der Waals surface area contributed by atoms with Crippen LogP contribution < -0.4 is 4.74 Å². The average molecular weight is 374 g/mol. The van der Waals surface area contributed by atoms with E-state index in [-0.39, 0.29) is 6.54 Å². The van der Waals surface area contributed by atoms with Crippen molar-refractivity contribution in [1.29, 1.82) is 0 Å². The molecule has 138 valence electrons. The van der Waals surface area contributed by atoms with Gasteiger partial charge in [0.1, 0.15) is 12.0 Å². The molecule has 1 fully saturated rings. The van der Waals surface area contributed by atoms with Gasteiger partial charge in [-0.15, -0.1) is 0 Å². The zero-order valence-electron chi connectivity index (χ0n) is 14.9. The third-order valence-corrected chi connectivity index (χ3v) is 6.58. The van der Waals surface area contributed by atoms with Gasteiger partial charge in [-0.3, -0.25) is 4.79 Å². The Labute approximate surface area is 154 Å². The minimum absolute atomic E-state index is 0.178. The molecule has 0 atom stereocenters. The zero-order valence-corrected chi connectivity index (χ0v) is 15.7. The summed E-state index contributed by atoms with van der Waals surface area (Å²) >= 11 is 0. The highest BCUT2D eigenvalue weighted by Crippen LogP contribution is 2.27. The molecule has 0 unspecified atom stereocenters. The molecule has 0 saturated carbocycles. The maximum atomic E-state index is 12.9. The third kappa shape index (κ3) is 3.65. The summed E-state index contributed by atoms with van der Waals surface area (Å²) in [5.74, 6) is 0.572. The molecule has 6 nitrogen and oxygen atoms in total. The van der Waals surface area contributed by atoms with Crippen LogP contribution in [0.15, 0.2) is 42.5 Å². The van der Waals surface area contributed by atoms with E-state index >= 15 is 0 Å². The van der Waals surface area contributed by atoms with Crippen molar-refractivity contribution in [1.82, 2.24) is 8.61 Å². The first-order chi connectivity index (χ1) is 12.5. The molecule has 0 aromatic heterocycles. The predicted molar refractivity (Wildman–Crippen MR) is 99.3 cm³/mol. The molecule has 2 aromatic carbocycles. The van der Waals surface area contributed by atoms with E-state index in [9.17, 15) is 13.2 Å². The molecule has 0 radical (unpaired) electrons. The van der Waals surface area contributed by atoms with Crippen molar-refractivity contribution in [3.63, 3.8) is 0 Å². The fourth-order valence-electron chi connectivity index (χ4n) is 3.10. The van der Waals surface area contributed by atoms with E-state index < -0.39 is 10.2 Å². The maximum absolute atomic E-state index is 12.9. The Morgan fingerprint density at radius 1 is 1.04 bits per heavy atom. The number of aryl methyl sites for hydroxylation is 1. The molecule has 3 rings (SSSR count). The van der Waals surface area contributed by atoms with Gasteiger partial charge in [-0.1, -0.05) is 24.3 Å². The second kappa shape index (κ2) is 7.57. The Kier molecular flexibility index (Phi) is 5.41. The number of hydrogen-bond acceptors (Lipinski definition) is 4. The summed E-state index contributed by atoms with van der Waals surface area (Å²) in [7, 11) is -2.03. The molecule has 2 aromatic rings. The van der Waals surface area contributed by atoms with Gasteiger partial charge in [0.25, 0.3) is 10.2 Å². The van der Waals surface area contributed by atoms with E-state index in [0.29, 0.717) is 36.5 Å². The quantitative estimate of drug-likeness (QED) is 0.728. The Hall–Kier alpha value is -2.22. The van der Waals surface area contributed by atoms with E-state index in [2.05, 4.69) is 0 Å². The predicted octanol–water partition coefficient (Wildman–Crippen LogP) is 2.38. The highest BCUT2D eigenvalue weighted by molar-refractivity contribution is 7.86. The highest BCUT2D eigenvalue weighted by Gasteiger charge is 2.36. The van der Waals surface area contributed by atoms with Crippen LogP contribution in [0, 0.1) is 6.92 Å². The second-order valence-electron chi connectivity index (χ2n) is 6.29. The summed E-state index contributed by atoms with van der Waals surface area (Å²) in [4.78, 5) is 11.0. The van der Waals surface area contributed by atoms with Crippen LogP contribution >= 0.6 is 0 Å². The Morgan fingerprint density at radius 2 is 1.69 bits per heavy atom. The molecule has 1 aliphatic heterocycles. The lowest BCUT2D eigenvalue weighted by molar-refractivity contribution is 0.112. The van der Waals surface area contributed by atoms with Gasteiger partial charge >= 0.3 is 0 Å². The Balaban J connectivity index is 1.81. The van der Waals surface area contributed by atoms with Gasteiger partial charge in [0.05, 0.1) is 7.11 Å². The first-order valence-electron chi connectivity index (χ1n) is 8.37. The van der Waals surface area contributed by atoms with Gasteiger partial charge in [0.15, 0.2) is 0 Å². The molecule has 0 aliphatic carbocycles. The van der Waals surface area contributed by atoms with Crippen LogP contribution in [-0.4, -0.2) is 43.5 Å². The van der Waals surface area contributed by atoms with Crippen molar-refractivity contribution in [3.05, 3.63) is 64.7 Å². The van der Waals surface area contributed by atoms with Crippen LogP contribution in [0.1, 0.15) is 27.0 Å². The normalized spacial score (nSPS) is 17.3. The van der Waals surface area contributed by atoms with Crippen LogP contribution in [0.2, 0.25) is 0 Å². The van der Waals surface area contributed by atoms with Gasteiger partial charge in [-0.2, -0.15) is 17.0 Å². The molecule has 0 bridgehead atoms. The van der Waals surface area contributed by atoms with Crippen molar-refractivity contribution in [2.45, 2.75) is 20.0 Å². The van der Waals surface area contributed by atoms with E-state index in [1.165, 1.54) is 15.7 Å². The number of hydrogen-bond donors (Lipinski definition) is 0. The first-order valence-corrected chi connectivity index (χ1v) is 9.77. The molecular weight excluding hydrogens is 352 g/mol. The largest absolute Gasteiger partial charge is 0.496 e. The molecule has 7 heteroatoms. The first kappa shape index (κ1) is 18.6. The Bertz CT molecular complexity index is 912. The number of rotatable bonds is 6. The van der Waals surface area contributed by atoms with Crippen molar-refractivity contribution in [2.24, 2.45) is 0 Å². The number of benzene rings is 2. The highest BCUT2D eigenvalue weighted by atomic mass is 32.2. The van der Waals surface area contributed by atoms with E-state index in [1.54, 1.807) is 18.2 Å². The van der Waals surface area contributed by atoms with Crippen LogP contribution in [0.25, 0.3) is 0 Å².